The zero-order valence-corrected chi connectivity index (χ0v) is 15.1. The third-order valence-corrected chi connectivity index (χ3v) is 4.93. The van der Waals surface area contributed by atoms with Crippen LogP contribution in [-0.4, -0.2) is 36.1 Å². The van der Waals surface area contributed by atoms with E-state index in [4.69, 9.17) is 9.47 Å². The molecule has 5 nitrogen and oxygen atoms in total. The third kappa shape index (κ3) is 3.70. The van der Waals surface area contributed by atoms with Crippen molar-refractivity contribution in [3.8, 4) is 11.5 Å². The number of fused-ring (bicyclic) bond motifs is 1. The number of carbonyl (C=O) groups is 1. The second-order valence-corrected chi connectivity index (χ2v) is 7.27. The Hall–Kier alpha value is -2.08. The van der Waals surface area contributed by atoms with Gasteiger partial charge in [-0.1, -0.05) is 0 Å². The first-order chi connectivity index (χ1) is 11.6. The Labute approximate surface area is 146 Å². The van der Waals surface area contributed by atoms with Gasteiger partial charge in [0.15, 0.2) is 0 Å². The van der Waals surface area contributed by atoms with Crippen LogP contribution in [0.3, 0.4) is 0 Å². The molecule has 128 valence electrons. The van der Waals surface area contributed by atoms with E-state index in [1.807, 2.05) is 45.3 Å². The number of hydrogen-bond donors (Lipinski definition) is 0. The van der Waals surface area contributed by atoms with Crippen LogP contribution < -0.4 is 9.47 Å². The van der Waals surface area contributed by atoms with Gasteiger partial charge in [0.25, 0.3) is 0 Å². The Bertz CT molecular complexity index is 729. The lowest BCUT2D eigenvalue weighted by Crippen LogP contribution is -2.38. The summed E-state index contributed by atoms with van der Waals surface area (Å²) < 4.78 is 11.3. The Kier molecular flexibility index (Phi) is 5.04. The molecule has 1 aliphatic heterocycles. The number of benzene rings is 1. The minimum Gasteiger partial charge on any atom is -0.494 e. The maximum absolute atomic E-state index is 12.7. The highest BCUT2D eigenvalue weighted by molar-refractivity contribution is 7.11. The van der Waals surface area contributed by atoms with Crippen LogP contribution in [0.1, 0.15) is 22.4 Å². The zero-order chi connectivity index (χ0) is 17.1. The number of aryl methyl sites for hydroxylation is 1. The molecule has 3 rings (SSSR count). The van der Waals surface area contributed by atoms with E-state index in [0.29, 0.717) is 26.2 Å². The minimum absolute atomic E-state index is 0.105. The first-order valence-electron chi connectivity index (χ1n) is 8.11. The SMILES string of the molecule is CCOc1ccc2c(c1)C[C@@H](C(=O)N(C)Cc1cnc(C)s1)CO2. The lowest BCUT2D eigenvalue weighted by atomic mass is 9.95. The summed E-state index contributed by atoms with van der Waals surface area (Å²) in [5, 5.41) is 1.02. The van der Waals surface area contributed by atoms with Gasteiger partial charge in [-0.2, -0.15) is 0 Å². The average Bonchev–Trinajstić information content (AvgIpc) is 2.98. The Balaban J connectivity index is 1.67. The molecule has 0 saturated heterocycles. The molecular weight excluding hydrogens is 324 g/mol. The van der Waals surface area contributed by atoms with Crippen LogP contribution in [0.15, 0.2) is 24.4 Å². The molecule has 1 amide bonds. The fourth-order valence-corrected chi connectivity index (χ4v) is 3.74. The topological polar surface area (TPSA) is 51.7 Å². The number of carbonyl (C=O) groups excluding carboxylic acids is 1. The van der Waals surface area contributed by atoms with Crippen molar-refractivity contribution in [2.24, 2.45) is 5.92 Å². The van der Waals surface area contributed by atoms with Crippen molar-refractivity contribution < 1.29 is 14.3 Å². The largest absolute Gasteiger partial charge is 0.494 e. The van der Waals surface area contributed by atoms with Crippen molar-refractivity contribution in [3.63, 3.8) is 0 Å². The van der Waals surface area contributed by atoms with Gasteiger partial charge in [-0.15, -0.1) is 11.3 Å². The van der Waals surface area contributed by atoms with Gasteiger partial charge in [0.2, 0.25) is 5.91 Å². The summed E-state index contributed by atoms with van der Waals surface area (Å²) in [6.45, 7) is 5.56. The second-order valence-electron chi connectivity index (χ2n) is 5.95. The number of rotatable bonds is 5. The summed E-state index contributed by atoms with van der Waals surface area (Å²) in [5.41, 5.74) is 1.03. The predicted molar refractivity (Wildman–Crippen MR) is 93.6 cm³/mol. The van der Waals surface area contributed by atoms with E-state index in [1.54, 1.807) is 16.2 Å². The molecule has 0 N–H and O–H groups in total. The second kappa shape index (κ2) is 7.21. The van der Waals surface area contributed by atoms with Crippen molar-refractivity contribution in [3.05, 3.63) is 39.8 Å². The Morgan fingerprint density at radius 3 is 3.04 bits per heavy atom. The number of nitrogens with zero attached hydrogens (tertiary/aromatic N) is 2. The smallest absolute Gasteiger partial charge is 0.229 e. The van der Waals surface area contributed by atoms with Crippen LogP contribution in [0.4, 0.5) is 0 Å². The number of ether oxygens (including phenoxy) is 2. The fourth-order valence-electron chi connectivity index (χ4n) is 2.89. The maximum Gasteiger partial charge on any atom is 0.229 e. The number of amides is 1. The summed E-state index contributed by atoms with van der Waals surface area (Å²) >= 11 is 1.62. The van der Waals surface area contributed by atoms with E-state index >= 15 is 0 Å². The van der Waals surface area contributed by atoms with E-state index in [-0.39, 0.29) is 11.8 Å². The van der Waals surface area contributed by atoms with E-state index in [2.05, 4.69) is 4.98 Å². The number of hydrogen-bond acceptors (Lipinski definition) is 5. The van der Waals surface area contributed by atoms with Gasteiger partial charge in [0.1, 0.15) is 18.1 Å². The first kappa shape index (κ1) is 16.8. The van der Waals surface area contributed by atoms with E-state index < -0.39 is 0 Å². The molecule has 0 saturated carbocycles. The molecule has 1 aromatic carbocycles. The number of aromatic nitrogens is 1. The summed E-state index contributed by atoms with van der Waals surface area (Å²) in [4.78, 5) is 19.8. The molecule has 2 heterocycles. The van der Waals surface area contributed by atoms with Gasteiger partial charge in [-0.05, 0) is 44.0 Å². The summed E-state index contributed by atoms with van der Waals surface area (Å²) in [6.07, 6.45) is 2.52. The van der Waals surface area contributed by atoms with Crippen molar-refractivity contribution in [1.29, 1.82) is 0 Å². The quantitative estimate of drug-likeness (QED) is 0.835. The van der Waals surface area contributed by atoms with Crippen LogP contribution in [0.25, 0.3) is 0 Å². The average molecular weight is 346 g/mol. The van der Waals surface area contributed by atoms with Gasteiger partial charge >= 0.3 is 0 Å². The van der Waals surface area contributed by atoms with Gasteiger partial charge in [0, 0.05) is 18.1 Å². The molecule has 6 heteroatoms. The fraction of sp³-hybridized carbons (Fsp3) is 0.444. The highest BCUT2D eigenvalue weighted by Crippen LogP contribution is 2.31. The van der Waals surface area contributed by atoms with Crippen LogP contribution in [0, 0.1) is 12.8 Å². The monoisotopic (exact) mass is 346 g/mol. The molecule has 1 atom stereocenters. The van der Waals surface area contributed by atoms with E-state index in [0.717, 1.165) is 26.9 Å². The Morgan fingerprint density at radius 2 is 2.33 bits per heavy atom. The van der Waals surface area contributed by atoms with Crippen LogP contribution in [-0.2, 0) is 17.8 Å². The molecule has 0 unspecified atom stereocenters. The van der Waals surface area contributed by atoms with Crippen molar-refractivity contribution >= 4 is 17.2 Å². The summed E-state index contributed by atoms with van der Waals surface area (Å²) in [5.74, 6) is 1.62. The van der Waals surface area contributed by atoms with Crippen LogP contribution in [0.2, 0.25) is 0 Å². The Morgan fingerprint density at radius 1 is 1.50 bits per heavy atom. The molecule has 24 heavy (non-hydrogen) atoms. The summed E-state index contributed by atoms with van der Waals surface area (Å²) in [7, 11) is 1.84. The van der Waals surface area contributed by atoms with Crippen molar-refractivity contribution in [2.45, 2.75) is 26.8 Å². The molecule has 0 bridgehead atoms. The van der Waals surface area contributed by atoms with Crippen LogP contribution >= 0.6 is 11.3 Å². The molecule has 1 aromatic heterocycles. The van der Waals surface area contributed by atoms with Gasteiger partial charge in [-0.3, -0.25) is 4.79 Å². The van der Waals surface area contributed by atoms with Crippen molar-refractivity contribution in [2.75, 3.05) is 20.3 Å². The number of thiazole rings is 1. The highest BCUT2D eigenvalue weighted by atomic mass is 32.1. The molecule has 0 radical (unpaired) electrons. The van der Waals surface area contributed by atoms with Gasteiger partial charge < -0.3 is 14.4 Å². The minimum atomic E-state index is -0.159. The third-order valence-electron chi connectivity index (χ3n) is 4.04. The van der Waals surface area contributed by atoms with E-state index in [1.165, 1.54) is 0 Å². The summed E-state index contributed by atoms with van der Waals surface area (Å²) in [6, 6.07) is 5.80. The van der Waals surface area contributed by atoms with Gasteiger partial charge in [-0.25, -0.2) is 4.98 Å². The first-order valence-corrected chi connectivity index (χ1v) is 8.93. The standard InChI is InChI=1S/C18H22N2O3S/c1-4-22-15-5-6-17-13(8-15)7-14(11-23-17)18(21)20(3)10-16-9-19-12(2)24-16/h5-6,8-9,14H,4,7,10-11H2,1-3H3/t14-/m1/s1. The maximum atomic E-state index is 12.7. The zero-order valence-electron chi connectivity index (χ0n) is 14.2. The molecule has 0 spiro atoms. The molecule has 1 aliphatic rings. The highest BCUT2D eigenvalue weighted by Gasteiger charge is 2.28. The normalized spacial score (nSPS) is 16.2. The molecule has 0 aliphatic carbocycles. The molecular formula is C18H22N2O3S. The van der Waals surface area contributed by atoms with Crippen LogP contribution in [0.5, 0.6) is 11.5 Å². The van der Waals surface area contributed by atoms with Crippen molar-refractivity contribution in [1.82, 2.24) is 9.88 Å². The molecule has 0 fully saturated rings. The lowest BCUT2D eigenvalue weighted by Gasteiger charge is -2.28. The lowest BCUT2D eigenvalue weighted by molar-refractivity contribution is -0.136. The van der Waals surface area contributed by atoms with Gasteiger partial charge in [0.05, 0.1) is 24.1 Å². The van der Waals surface area contributed by atoms with E-state index in [9.17, 15) is 4.79 Å². The molecule has 2 aromatic rings. The predicted octanol–water partition coefficient (Wildman–Crippen LogP) is 3.06.